The van der Waals surface area contributed by atoms with Gasteiger partial charge in [-0.2, -0.15) is 0 Å². The summed E-state index contributed by atoms with van der Waals surface area (Å²) in [5.41, 5.74) is 2.04. The lowest BCUT2D eigenvalue weighted by atomic mass is 10.3. The monoisotopic (exact) mass is 484 g/mol. The van der Waals surface area contributed by atoms with Gasteiger partial charge in [-0.25, -0.2) is 4.98 Å². The highest BCUT2D eigenvalue weighted by Crippen LogP contribution is 2.27. The summed E-state index contributed by atoms with van der Waals surface area (Å²) in [4.78, 5) is 40.0. The first-order valence-corrected chi connectivity index (χ1v) is 11.9. The van der Waals surface area contributed by atoms with Gasteiger partial charge in [0, 0.05) is 18.3 Å². The molecular formula is C20H16N6O3S3. The van der Waals surface area contributed by atoms with Crippen molar-refractivity contribution >= 4 is 78.9 Å². The summed E-state index contributed by atoms with van der Waals surface area (Å²) in [6, 6.07) is 14.3. The van der Waals surface area contributed by atoms with Crippen LogP contribution in [0.15, 0.2) is 52.9 Å². The first-order valence-electron chi connectivity index (χ1n) is 9.27. The number of thioether (sulfide) groups is 1. The van der Waals surface area contributed by atoms with Crippen LogP contribution in [0.5, 0.6) is 0 Å². The van der Waals surface area contributed by atoms with Gasteiger partial charge in [-0.1, -0.05) is 35.2 Å². The molecule has 0 aliphatic rings. The molecule has 2 heterocycles. The minimum Gasteiger partial charge on any atom is -0.326 e. The van der Waals surface area contributed by atoms with Gasteiger partial charge in [-0.15, -0.1) is 21.5 Å². The summed E-state index contributed by atoms with van der Waals surface area (Å²) < 4.78 is 1.49. The first-order chi connectivity index (χ1) is 15.5. The van der Waals surface area contributed by atoms with E-state index in [0.717, 1.165) is 10.2 Å². The number of hydrogen-bond acceptors (Lipinski definition) is 9. The molecule has 3 amide bonds. The fourth-order valence-electron chi connectivity index (χ4n) is 2.60. The average molecular weight is 485 g/mol. The lowest BCUT2D eigenvalue weighted by Crippen LogP contribution is -2.14. The van der Waals surface area contributed by atoms with Gasteiger partial charge in [-0.3, -0.25) is 19.7 Å². The van der Waals surface area contributed by atoms with Crippen molar-refractivity contribution in [2.24, 2.45) is 0 Å². The topological polar surface area (TPSA) is 126 Å². The molecule has 9 nitrogen and oxygen atoms in total. The summed E-state index contributed by atoms with van der Waals surface area (Å²) in [5.74, 6) is -0.587. The number of aromatic nitrogens is 3. The molecule has 2 aromatic carbocycles. The maximum atomic E-state index is 12.4. The Bertz CT molecular complexity index is 1250. The molecule has 32 heavy (non-hydrogen) atoms. The number of para-hydroxylation sites is 1. The molecule has 0 aliphatic heterocycles. The average Bonchev–Trinajstić information content (AvgIpc) is 3.40. The highest BCUT2D eigenvalue weighted by atomic mass is 32.2. The van der Waals surface area contributed by atoms with Crippen LogP contribution in [0, 0.1) is 0 Å². The SMILES string of the molecule is CC(=O)Nc1ccc(NC(=O)CSc2nnc(NC(=O)c3nc4ccccc4s3)s2)cc1. The third kappa shape index (κ3) is 5.66. The third-order valence-electron chi connectivity index (χ3n) is 3.93. The van der Waals surface area contributed by atoms with Crippen molar-refractivity contribution in [2.75, 3.05) is 21.7 Å². The van der Waals surface area contributed by atoms with Gasteiger partial charge in [0.05, 0.1) is 16.0 Å². The summed E-state index contributed by atoms with van der Waals surface area (Å²) in [6.07, 6.45) is 0. The standard InChI is InChI=1S/C20H16N6O3S3/c1-11(27)21-12-6-8-13(9-7-12)22-16(28)10-30-20-26-25-19(32-20)24-17(29)18-23-14-4-2-3-5-15(14)31-18/h2-9H,10H2,1H3,(H,21,27)(H,22,28)(H,24,25,29). The van der Waals surface area contributed by atoms with Crippen LogP contribution in [-0.4, -0.2) is 38.7 Å². The van der Waals surface area contributed by atoms with Crippen LogP contribution < -0.4 is 16.0 Å². The number of thiazole rings is 1. The lowest BCUT2D eigenvalue weighted by Gasteiger charge is -2.06. The molecule has 162 valence electrons. The zero-order valence-electron chi connectivity index (χ0n) is 16.6. The molecule has 0 saturated carbocycles. The second-order valence-corrected chi connectivity index (χ2v) is 9.64. The predicted octanol–water partition coefficient (Wildman–Crippen LogP) is 4.09. The quantitative estimate of drug-likeness (QED) is 0.266. The van der Waals surface area contributed by atoms with Crippen molar-refractivity contribution in [3.05, 3.63) is 53.5 Å². The van der Waals surface area contributed by atoms with Gasteiger partial charge in [0.1, 0.15) is 0 Å². The van der Waals surface area contributed by atoms with Crippen molar-refractivity contribution < 1.29 is 14.4 Å². The highest BCUT2D eigenvalue weighted by Gasteiger charge is 2.15. The number of rotatable bonds is 7. The lowest BCUT2D eigenvalue weighted by molar-refractivity contribution is -0.114. The molecule has 12 heteroatoms. The van der Waals surface area contributed by atoms with Crippen molar-refractivity contribution in [1.82, 2.24) is 15.2 Å². The maximum absolute atomic E-state index is 12.4. The molecule has 4 rings (SSSR count). The number of anilines is 3. The molecule has 3 N–H and O–H groups in total. The molecule has 4 aromatic rings. The van der Waals surface area contributed by atoms with E-state index in [2.05, 4.69) is 31.1 Å². The number of carbonyl (C=O) groups excluding carboxylic acids is 3. The summed E-state index contributed by atoms with van der Waals surface area (Å²) in [6.45, 7) is 1.43. The van der Waals surface area contributed by atoms with E-state index in [0.29, 0.717) is 25.9 Å². The number of nitrogens with one attached hydrogen (secondary N) is 3. The zero-order chi connectivity index (χ0) is 22.5. The van der Waals surface area contributed by atoms with Crippen LogP contribution in [0.4, 0.5) is 16.5 Å². The van der Waals surface area contributed by atoms with Crippen LogP contribution >= 0.6 is 34.4 Å². The molecule has 2 aromatic heterocycles. The Balaban J connectivity index is 1.27. The summed E-state index contributed by atoms with van der Waals surface area (Å²) in [5, 5.41) is 16.8. The van der Waals surface area contributed by atoms with Gasteiger partial charge in [0.15, 0.2) is 9.35 Å². The summed E-state index contributed by atoms with van der Waals surface area (Å²) in [7, 11) is 0. The molecule has 0 saturated heterocycles. The molecule has 0 spiro atoms. The van der Waals surface area contributed by atoms with Gasteiger partial charge >= 0.3 is 0 Å². The maximum Gasteiger partial charge on any atom is 0.286 e. The van der Waals surface area contributed by atoms with Gasteiger partial charge in [0.25, 0.3) is 5.91 Å². The van der Waals surface area contributed by atoms with Crippen LogP contribution in [0.1, 0.15) is 16.7 Å². The Morgan fingerprint density at radius 3 is 2.34 bits per heavy atom. The number of benzene rings is 2. The van der Waals surface area contributed by atoms with Crippen molar-refractivity contribution in [3.63, 3.8) is 0 Å². The smallest absolute Gasteiger partial charge is 0.286 e. The van der Waals surface area contributed by atoms with Gasteiger partial charge in [-0.05, 0) is 36.4 Å². The molecule has 0 bridgehead atoms. The van der Waals surface area contributed by atoms with Crippen LogP contribution in [0.2, 0.25) is 0 Å². The minimum absolute atomic E-state index is 0.133. The number of hydrogen-bond donors (Lipinski definition) is 3. The van der Waals surface area contributed by atoms with Crippen molar-refractivity contribution in [3.8, 4) is 0 Å². The van der Waals surface area contributed by atoms with E-state index in [1.165, 1.54) is 41.4 Å². The molecular weight excluding hydrogens is 468 g/mol. The minimum atomic E-state index is -0.348. The van der Waals surface area contributed by atoms with E-state index >= 15 is 0 Å². The van der Waals surface area contributed by atoms with E-state index in [9.17, 15) is 14.4 Å². The first kappa shape index (κ1) is 21.9. The third-order valence-corrected chi connectivity index (χ3v) is 6.94. The van der Waals surface area contributed by atoms with Gasteiger partial charge < -0.3 is 10.6 Å². The number of carbonyl (C=O) groups is 3. The van der Waals surface area contributed by atoms with Crippen molar-refractivity contribution in [2.45, 2.75) is 11.3 Å². The van der Waals surface area contributed by atoms with E-state index < -0.39 is 0 Å². The van der Waals surface area contributed by atoms with E-state index in [4.69, 9.17) is 0 Å². The largest absolute Gasteiger partial charge is 0.326 e. The number of nitrogens with zero attached hydrogens (tertiary/aromatic N) is 3. The van der Waals surface area contributed by atoms with E-state index in [1.807, 2.05) is 24.3 Å². The highest BCUT2D eigenvalue weighted by molar-refractivity contribution is 8.01. The van der Waals surface area contributed by atoms with Gasteiger partial charge in [0.2, 0.25) is 16.9 Å². The second-order valence-electron chi connectivity index (χ2n) is 6.41. The normalized spacial score (nSPS) is 10.7. The predicted molar refractivity (Wildman–Crippen MR) is 128 cm³/mol. The second kappa shape index (κ2) is 9.85. The fourth-order valence-corrected chi connectivity index (χ4v) is 5.01. The van der Waals surface area contributed by atoms with Crippen LogP contribution in [-0.2, 0) is 9.59 Å². The Kier molecular flexibility index (Phi) is 6.73. The fraction of sp³-hybridized carbons (Fsp3) is 0.100. The van der Waals surface area contributed by atoms with Crippen LogP contribution in [0.25, 0.3) is 10.2 Å². The Morgan fingerprint density at radius 1 is 0.906 bits per heavy atom. The molecule has 0 unspecified atom stereocenters. The van der Waals surface area contributed by atoms with Crippen molar-refractivity contribution in [1.29, 1.82) is 0 Å². The van der Waals surface area contributed by atoms with E-state index in [-0.39, 0.29) is 23.5 Å². The summed E-state index contributed by atoms with van der Waals surface area (Å²) >= 11 is 3.71. The molecule has 0 atom stereocenters. The molecule has 0 aliphatic carbocycles. The Hall–Kier alpha value is -3.35. The Morgan fingerprint density at radius 2 is 1.62 bits per heavy atom. The van der Waals surface area contributed by atoms with Crippen LogP contribution in [0.3, 0.4) is 0 Å². The Labute approximate surface area is 194 Å². The zero-order valence-corrected chi connectivity index (χ0v) is 19.1. The molecule has 0 radical (unpaired) electrons. The molecule has 0 fully saturated rings. The number of amides is 3. The number of fused-ring (bicyclic) bond motifs is 1. The van der Waals surface area contributed by atoms with E-state index in [1.54, 1.807) is 24.3 Å².